The van der Waals surface area contributed by atoms with E-state index in [1.54, 1.807) is 4.57 Å². The number of aliphatic hydroxyl groups excluding tert-OH is 1. The van der Waals surface area contributed by atoms with Crippen molar-refractivity contribution in [2.45, 2.75) is 38.3 Å². The zero-order valence-electron chi connectivity index (χ0n) is 9.39. The lowest BCUT2D eigenvalue weighted by molar-refractivity contribution is 0.136. The second kappa shape index (κ2) is 4.39. The summed E-state index contributed by atoms with van der Waals surface area (Å²) in [5, 5.41) is 16.3. The van der Waals surface area contributed by atoms with Crippen molar-refractivity contribution in [2.75, 3.05) is 6.54 Å². The molecule has 1 aromatic heterocycles. The monoisotopic (exact) mass is 226 g/mol. The Hall–Kier alpha value is -1.14. The largest absolute Gasteiger partial charge is 0.393 e. The minimum absolute atomic E-state index is 0.127. The fourth-order valence-electron chi connectivity index (χ4n) is 2.51. The summed E-state index contributed by atoms with van der Waals surface area (Å²) in [5.74, 6) is 1.02. The summed E-state index contributed by atoms with van der Waals surface area (Å²) >= 11 is 0. The van der Waals surface area contributed by atoms with E-state index < -0.39 is 0 Å². The summed E-state index contributed by atoms with van der Waals surface area (Å²) < 4.78 is 1.62. The van der Waals surface area contributed by atoms with Gasteiger partial charge in [0.05, 0.1) is 6.10 Å². The van der Waals surface area contributed by atoms with Crippen molar-refractivity contribution in [3.63, 3.8) is 0 Å². The fraction of sp³-hybridized carbons (Fsp3) is 0.800. The van der Waals surface area contributed by atoms with E-state index in [0.29, 0.717) is 19.5 Å². The van der Waals surface area contributed by atoms with Gasteiger partial charge in [-0.2, -0.15) is 5.10 Å². The molecule has 0 bridgehead atoms. The third kappa shape index (κ3) is 1.78. The molecule has 0 aliphatic heterocycles. The zero-order valence-corrected chi connectivity index (χ0v) is 9.39. The van der Waals surface area contributed by atoms with Gasteiger partial charge in [0.2, 0.25) is 0 Å². The molecule has 0 aromatic carbocycles. The Labute approximate surface area is 93.5 Å². The molecule has 1 aromatic rings. The van der Waals surface area contributed by atoms with Gasteiger partial charge in [-0.05, 0) is 32.2 Å². The van der Waals surface area contributed by atoms with Crippen molar-refractivity contribution in [1.82, 2.24) is 14.8 Å². The highest BCUT2D eigenvalue weighted by Gasteiger charge is 2.35. The van der Waals surface area contributed by atoms with Crippen LogP contribution in [-0.2, 0) is 6.54 Å². The second-order valence-corrected chi connectivity index (χ2v) is 4.36. The number of aliphatic hydroxyl groups is 1. The molecule has 1 aliphatic rings. The summed E-state index contributed by atoms with van der Waals surface area (Å²) in [7, 11) is 0. The van der Waals surface area contributed by atoms with Gasteiger partial charge < -0.3 is 10.8 Å². The minimum atomic E-state index is -0.368. The van der Waals surface area contributed by atoms with Crippen LogP contribution in [-0.4, -0.2) is 32.5 Å². The molecule has 0 unspecified atom stereocenters. The molecule has 1 aliphatic carbocycles. The molecule has 1 saturated carbocycles. The maximum absolute atomic E-state index is 11.4. The number of rotatable bonds is 3. The normalized spacial score (nSPS) is 29.8. The number of nitrogens with two attached hydrogens (primary N) is 1. The van der Waals surface area contributed by atoms with Crippen LogP contribution >= 0.6 is 0 Å². The molecular formula is C10H18N4O2. The van der Waals surface area contributed by atoms with E-state index in [9.17, 15) is 9.90 Å². The van der Waals surface area contributed by atoms with E-state index in [2.05, 4.69) is 10.2 Å². The quantitative estimate of drug-likeness (QED) is 0.641. The first-order valence-electron chi connectivity index (χ1n) is 5.70. The number of H-pyrrole nitrogens is 1. The van der Waals surface area contributed by atoms with Gasteiger partial charge in [0.25, 0.3) is 0 Å². The van der Waals surface area contributed by atoms with Crippen LogP contribution in [0.3, 0.4) is 0 Å². The van der Waals surface area contributed by atoms with Gasteiger partial charge in [0.15, 0.2) is 0 Å². The predicted octanol–water partition coefficient (Wildman–Crippen LogP) is -0.596. The summed E-state index contributed by atoms with van der Waals surface area (Å²) in [6.07, 6.45) is 1.08. The molecule has 0 saturated heterocycles. The van der Waals surface area contributed by atoms with E-state index in [4.69, 9.17) is 5.73 Å². The average molecular weight is 226 g/mol. The first-order chi connectivity index (χ1) is 7.67. The Morgan fingerprint density at radius 3 is 2.94 bits per heavy atom. The number of hydrogen-bond acceptors (Lipinski definition) is 4. The highest BCUT2D eigenvalue weighted by Crippen LogP contribution is 2.36. The van der Waals surface area contributed by atoms with E-state index >= 15 is 0 Å². The Kier molecular flexibility index (Phi) is 3.11. The van der Waals surface area contributed by atoms with Gasteiger partial charge in [0.1, 0.15) is 5.82 Å². The highest BCUT2D eigenvalue weighted by molar-refractivity contribution is 5.03. The number of nitrogens with one attached hydrogen (secondary N) is 1. The van der Waals surface area contributed by atoms with Gasteiger partial charge in [-0.3, -0.25) is 4.57 Å². The summed E-state index contributed by atoms with van der Waals surface area (Å²) in [6.45, 7) is 3.00. The zero-order chi connectivity index (χ0) is 11.7. The molecule has 2 rings (SSSR count). The molecule has 0 amide bonds. The lowest BCUT2D eigenvalue weighted by Crippen LogP contribution is -2.21. The number of aromatic amines is 1. The van der Waals surface area contributed by atoms with Crippen LogP contribution in [0.2, 0.25) is 0 Å². The molecule has 0 spiro atoms. The van der Waals surface area contributed by atoms with E-state index in [-0.39, 0.29) is 23.6 Å². The highest BCUT2D eigenvalue weighted by atomic mass is 16.3. The smallest absolute Gasteiger partial charge is 0.343 e. The Morgan fingerprint density at radius 2 is 2.38 bits per heavy atom. The van der Waals surface area contributed by atoms with Gasteiger partial charge in [-0.15, -0.1) is 0 Å². The van der Waals surface area contributed by atoms with Crippen molar-refractivity contribution >= 4 is 0 Å². The Balaban J connectivity index is 2.23. The van der Waals surface area contributed by atoms with Crippen molar-refractivity contribution in [3.8, 4) is 0 Å². The molecule has 90 valence electrons. The Bertz CT molecular complexity index is 411. The third-order valence-electron chi connectivity index (χ3n) is 3.43. The van der Waals surface area contributed by atoms with Crippen LogP contribution in [0.4, 0.5) is 0 Å². The van der Waals surface area contributed by atoms with Crippen LogP contribution < -0.4 is 11.4 Å². The van der Waals surface area contributed by atoms with E-state index in [1.165, 1.54) is 0 Å². The van der Waals surface area contributed by atoms with Crippen LogP contribution in [0.15, 0.2) is 4.79 Å². The number of aromatic nitrogens is 3. The third-order valence-corrected chi connectivity index (χ3v) is 3.43. The standard InChI is InChI=1S/C10H18N4O2/c1-2-14-9(12-13-10(14)16)6-3-7(5-11)8(15)4-6/h6-8,15H,2-5,11H2,1H3,(H,13,16)/t6-,7+,8+/m1/s1. The molecule has 1 heterocycles. The maximum atomic E-state index is 11.4. The van der Waals surface area contributed by atoms with Crippen molar-refractivity contribution < 1.29 is 5.11 Å². The average Bonchev–Trinajstić information content (AvgIpc) is 2.81. The Morgan fingerprint density at radius 1 is 1.62 bits per heavy atom. The van der Waals surface area contributed by atoms with Gasteiger partial charge >= 0.3 is 5.69 Å². The molecule has 0 radical (unpaired) electrons. The summed E-state index contributed by atoms with van der Waals surface area (Å²) in [5.41, 5.74) is 5.41. The van der Waals surface area contributed by atoms with Crippen LogP contribution in [0.25, 0.3) is 0 Å². The van der Waals surface area contributed by atoms with Gasteiger partial charge in [0, 0.05) is 12.5 Å². The van der Waals surface area contributed by atoms with Crippen molar-refractivity contribution in [2.24, 2.45) is 11.7 Å². The van der Waals surface area contributed by atoms with Crippen molar-refractivity contribution in [1.29, 1.82) is 0 Å². The lowest BCUT2D eigenvalue weighted by atomic mass is 10.0. The maximum Gasteiger partial charge on any atom is 0.343 e. The van der Waals surface area contributed by atoms with E-state index in [1.807, 2.05) is 6.92 Å². The predicted molar refractivity (Wildman–Crippen MR) is 59.0 cm³/mol. The second-order valence-electron chi connectivity index (χ2n) is 4.36. The van der Waals surface area contributed by atoms with Gasteiger partial charge in [-0.1, -0.05) is 0 Å². The molecule has 3 atom stereocenters. The topological polar surface area (TPSA) is 96.9 Å². The lowest BCUT2D eigenvalue weighted by Gasteiger charge is -2.09. The SMILES string of the molecule is CCn1c([C@@H]2C[C@@H](CN)[C@@H](O)C2)n[nH]c1=O. The summed E-state index contributed by atoms with van der Waals surface area (Å²) in [4.78, 5) is 11.4. The first-order valence-corrected chi connectivity index (χ1v) is 5.70. The fourth-order valence-corrected chi connectivity index (χ4v) is 2.51. The first kappa shape index (κ1) is 11.3. The molecule has 4 N–H and O–H groups in total. The molecule has 16 heavy (non-hydrogen) atoms. The number of nitrogens with zero attached hydrogens (tertiary/aromatic N) is 2. The van der Waals surface area contributed by atoms with Crippen LogP contribution in [0, 0.1) is 5.92 Å². The minimum Gasteiger partial charge on any atom is -0.393 e. The summed E-state index contributed by atoms with van der Waals surface area (Å²) in [6, 6.07) is 0. The van der Waals surface area contributed by atoms with Crippen LogP contribution in [0.1, 0.15) is 31.5 Å². The molecule has 1 fully saturated rings. The van der Waals surface area contributed by atoms with Gasteiger partial charge in [-0.25, -0.2) is 9.89 Å². The van der Waals surface area contributed by atoms with Crippen molar-refractivity contribution in [3.05, 3.63) is 16.3 Å². The molecule has 6 heteroatoms. The van der Waals surface area contributed by atoms with Crippen LogP contribution in [0.5, 0.6) is 0 Å². The van der Waals surface area contributed by atoms with E-state index in [0.717, 1.165) is 12.2 Å². The molecular weight excluding hydrogens is 208 g/mol. The number of hydrogen-bond donors (Lipinski definition) is 3. The molecule has 6 nitrogen and oxygen atoms in total.